The number of nitrogen functional groups attached to an aromatic ring is 1. The van der Waals surface area contributed by atoms with Gasteiger partial charge in [0, 0.05) is 17.0 Å². The molecule has 0 atom stereocenters. The van der Waals surface area contributed by atoms with Crippen LogP contribution < -0.4 is 10.5 Å². The molecule has 0 radical (unpaired) electrons. The average molecular weight is 275 g/mol. The Kier molecular flexibility index (Phi) is 4.48. The lowest BCUT2D eigenvalue weighted by atomic mass is 9.99. The van der Waals surface area contributed by atoms with Crippen LogP contribution in [0.4, 0.5) is 5.69 Å². The van der Waals surface area contributed by atoms with Crippen molar-refractivity contribution >= 4 is 17.0 Å². The van der Waals surface area contributed by atoms with Crippen molar-refractivity contribution in [3.63, 3.8) is 0 Å². The molecule has 0 aliphatic heterocycles. The van der Waals surface area contributed by atoms with E-state index in [1.165, 1.54) is 10.4 Å². The molecule has 0 fully saturated rings. The highest BCUT2D eigenvalue weighted by Crippen LogP contribution is 2.31. The van der Waals surface area contributed by atoms with Gasteiger partial charge in [-0.2, -0.15) is 0 Å². The molecule has 2 rings (SSSR count). The third-order valence-electron chi connectivity index (χ3n) is 3.21. The highest BCUT2D eigenvalue weighted by molar-refractivity contribution is 7.09. The fourth-order valence-corrected chi connectivity index (χ4v) is 2.70. The van der Waals surface area contributed by atoms with Gasteiger partial charge in [0.2, 0.25) is 0 Å². The van der Waals surface area contributed by atoms with Gasteiger partial charge < -0.3 is 10.5 Å². The van der Waals surface area contributed by atoms with E-state index in [-0.39, 0.29) is 0 Å². The van der Waals surface area contributed by atoms with Crippen LogP contribution in [-0.2, 0) is 6.42 Å². The Bertz CT molecular complexity index is 532. The number of ether oxygens (including phenoxy) is 1. The van der Waals surface area contributed by atoms with E-state index in [9.17, 15) is 0 Å². The van der Waals surface area contributed by atoms with Crippen LogP contribution in [0.5, 0.6) is 5.75 Å². The lowest BCUT2D eigenvalue weighted by molar-refractivity contribution is 0.318. The highest BCUT2D eigenvalue weighted by Gasteiger charge is 2.10. The van der Waals surface area contributed by atoms with E-state index >= 15 is 0 Å². The first-order valence-corrected chi connectivity index (χ1v) is 7.51. The van der Waals surface area contributed by atoms with Gasteiger partial charge >= 0.3 is 0 Å². The first kappa shape index (κ1) is 13.9. The number of aryl methyl sites for hydroxylation is 1. The van der Waals surface area contributed by atoms with Gasteiger partial charge in [-0.3, -0.25) is 0 Å². The average Bonchev–Trinajstić information content (AvgIpc) is 2.86. The number of benzene rings is 1. The molecule has 0 spiro atoms. The highest BCUT2D eigenvalue weighted by atomic mass is 32.1. The second kappa shape index (κ2) is 6.11. The van der Waals surface area contributed by atoms with Crippen LogP contribution in [0.2, 0.25) is 0 Å². The summed E-state index contributed by atoms with van der Waals surface area (Å²) in [5, 5.41) is 2.10. The second-order valence-electron chi connectivity index (χ2n) is 5.08. The zero-order valence-corrected chi connectivity index (χ0v) is 12.6. The molecule has 0 saturated carbocycles. The summed E-state index contributed by atoms with van der Waals surface area (Å²) >= 11 is 1.77. The molecule has 0 amide bonds. The van der Waals surface area contributed by atoms with Crippen LogP contribution in [0.25, 0.3) is 0 Å². The smallest absolute Gasteiger partial charge is 0.123 e. The Balaban J connectivity index is 2.08. The zero-order valence-electron chi connectivity index (χ0n) is 11.8. The van der Waals surface area contributed by atoms with E-state index < -0.39 is 0 Å². The third kappa shape index (κ3) is 3.51. The van der Waals surface area contributed by atoms with Gasteiger partial charge in [0.15, 0.2) is 0 Å². The summed E-state index contributed by atoms with van der Waals surface area (Å²) in [5.41, 5.74) is 9.09. The summed E-state index contributed by atoms with van der Waals surface area (Å²) in [6.07, 6.45) is 0.957. The molecule has 102 valence electrons. The molecule has 2 aromatic rings. The normalized spacial score (nSPS) is 10.9. The minimum atomic E-state index is 0.416. The van der Waals surface area contributed by atoms with Crippen molar-refractivity contribution < 1.29 is 4.74 Å². The molecular formula is C16H21NOS. The number of thiophene rings is 1. The molecule has 0 saturated heterocycles. The second-order valence-corrected chi connectivity index (χ2v) is 6.11. The maximum Gasteiger partial charge on any atom is 0.123 e. The van der Waals surface area contributed by atoms with Gasteiger partial charge in [0.05, 0.1) is 6.61 Å². The SMILES string of the molecule is Cc1cc(OCCc2cccs2)c(C(C)C)cc1N. The molecule has 0 unspecified atom stereocenters. The third-order valence-corrected chi connectivity index (χ3v) is 4.14. The van der Waals surface area contributed by atoms with Gasteiger partial charge in [-0.05, 0) is 47.5 Å². The topological polar surface area (TPSA) is 35.2 Å². The van der Waals surface area contributed by atoms with E-state index in [2.05, 4.69) is 37.4 Å². The standard InChI is InChI=1S/C16H21NOS/c1-11(2)14-10-15(17)12(3)9-16(14)18-7-6-13-5-4-8-19-13/h4-5,8-11H,6-7,17H2,1-3H3. The largest absolute Gasteiger partial charge is 0.493 e. The first-order valence-electron chi connectivity index (χ1n) is 6.63. The van der Waals surface area contributed by atoms with Gasteiger partial charge in [-0.1, -0.05) is 19.9 Å². The Morgan fingerprint density at radius 3 is 2.74 bits per heavy atom. The lowest BCUT2D eigenvalue weighted by Crippen LogP contribution is -2.05. The Morgan fingerprint density at radius 1 is 1.32 bits per heavy atom. The van der Waals surface area contributed by atoms with Crippen molar-refractivity contribution in [1.29, 1.82) is 0 Å². The van der Waals surface area contributed by atoms with Crippen molar-refractivity contribution in [2.45, 2.75) is 33.1 Å². The molecule has 1 aromatic heterocycles. The van der Waals surface area contributed by atoms with Crippen LogP contribution >= 0.6 is 11.3 Å². The molecular weight excluding hydrogens is 254 g/mol. The quantitative estimate of drug-likeness (QED) is 0.822. The van der Waals surface area contributed by atoms with Crippen LogP contribution in [0.1, 0.15) is 35.8 Å². The maximum absolute atomic E-state index is 5.98. The van der Waals surface area contributed by atoms with E-state index in [0.717, 1.165) is 23.4 Å². The summed E-state index contributed by atoms with van der Waals surface area (Å²) in [5.74, 6) is 1.39. The number of nitrogens with two attached hydrogens (primary N) is 1. The molecule has 2 nitrogen and oxygen atoms in total. The molecule has 0 bridgehead atoms. The van der Waals surface area contributed by atoms with Crippen LogP contribution in [0.15, 0.2) is 29.6 Å². The van der Waals surface area contributed by atoms with E-state index in [1.807, 2.05) is 13.0 Å². The summed E-state index contributed by atoms with van der Waals surface area (Å²) < 4.78 is 5.96. The number of hydrogen-bond acceptors (Lipinski definition) is 3. The Labute approximate surface area is 119 Å². The molecule has 1 heterocycles. The molecule has 0 aliphatic rings. The monoisotopic (exact) mass is 275 g/mol. The Hall–Kier alpha value is -1.48. The van der Waals surface area contributed by atoms with Crippen molar-refractivity contribution in [3.8, 4) is 5.75 Å². The zero-order chi connectivity index (χ0) is 13.8. The van der Waals surface area contributed by atoms with Gasteiger partial charge in [-0.15, -0.1) is 11.3 Å². The van der Waals surface area contributed by atoms with E-state index in [4.69, 9.17) is 10.5 Å². The van der Waals surface area contributed by atoms with E-state index in [0.29, 0.717) is 12.5 Å². The summed E-state index contributed by atoms with van der Waals surface area (Å²) in [7, 11) is 0. The fraction of sp³-hybridized carbons (Fsp3) is 0.375. The number of rotatable bonds is 5. The first-order chi connectivity index (χ1) is 9.08. The van der Waals surface area contributed by atoms with Crippen LogP contribution in [0, 0.1) is 6.92 Å². The summed E-state index contributed by atoms with van der Waals surface area (Å²) in [4.78, 5) is 1.36. The van der Waals surface area contributed by atoms with Gasteiger partial charge in [0.1, 0.15) is 5.75 Å². The van der Waals surface area contributed by atoms with Crippen LogP contribution in [0.3, 0.4) is 0 Å². The molecule has 0 aliphatic carbocycles. The van der Waals surface area contributed by atoms with Gasteiger partial charge in [0.25, 0.3) is 0 Å². The van der Waals surface area contributed by atoms with Gasteiger partial charge in [-0.25, -0.2) is 0 Å². The van der Waals surface area contributed by atoms with E-state index in [1.54, 1.807) is 11.3 Å². The Morgan fingerprint density at radius 2 is 2.11 bits per heavy atom. The van der Waals surface area contributed by atoms with Crippen molar-refractivity contribution in [2.75, 3.05) is 12.3 Å². The predicted octanol–water partition coefficient (Wildman–Crippen LogP) is 4.38. The number of hydrogen-bond donors (Lipinski definition) is 1. The summed E-state index contributed by atoms with van der Waals surface area (Å²) in [6.45, 7) is 7.06. The van der Waals surface area contributed by atoms with Crippen molar-refractivity contribution in [3.05, 3.63) is 45.6 Å². The molecule has 2 N–H and O–H groups in total. The minimum Gasteiger partial charge on any atom is -0.493 e. The number of anilines is 1. The van der Waals surface area contributed by atoms with Crippen molar-refractivity contribution in [1.82, 2.24) is 0 Å². The molecule has 3 heteroatoms. The predicted molar refractivity (Wildman–Crippen MR) is 83.2 cm³/mol. The summed E-state index contributed by atoms with van der Waals surface area (Å²) in [6, 6.07) is 8.32. The van der Waals surface area contributed by atoms with Crippen molar-refractivity contribution in [2.24, 2.45) is 0 Å². The lowest BCUT2D eigenvalue weighted by Gasteiger charge is -2.16. The molecule has 1 aromatic carbocycles. The van der Waals surface area contributed by atoms with Crippen LogP contribution in [-0.4, -0.2) is 6.61 Å². The fourth-order valence-electron chi connectivity index (χ4n) is 2.01. The molecule has 19 heavy (non-hydrogen) atoms. The maximum atomic E-state index is 5.98. The minimum absolute atomic E-state index is 0.416.